The molecule has 3 unspecified atom stereocenters. The number of hydrogen-bond acceptors (Lipinski definition) is 6. The van der Waals surface area contributed by atoms with Crippen LogP contribution in [0.3, 0.4) is 0 Å². The third-order valence-electron chi connectivity index (χ3n) is 2.22. The second kappa shape index (κ2) is 7.79. The number of rotatable bonds is 7. The van der Waals surface area contributed by atoms with Crippen LogP contribution in [-0.4, -0.2) is 33.9 Å². The Morgan fingerprint density at radius 3 is 2.50 bits per heavy atom. The number of ether oxygens (including phenoxy) is 2. The average molecular weight is 332 g/mol. The molecule has 11 heteroatoms. The molecule has 20 heavy (non-hydrogen) atoms. The van der Waals surface area contributed by atoms with Gasteiger partial charge in [0.05, 0.1) is 0 Å². The van der Waals surface area contributed by atoms with Crippen molar-refractivity contribution in [2.24, 2.45) is 0 Å². The molecule has 0 bridgehead atoms. The average Bonchev–Trinajstić information content (AvgIpc) is 2.26. The fourth-order valence-electron chi connectivity index (χ4n) is 1.52. The zero-order valence-electron chi connectivity index (χ0n) is 10.8. The Kier molecular flexibility index (Phi) is 7.00. The van der Waals surface area contributed by atoms with Gasteiger partial charge in [0.15, 0.2) is 12.6 Å². The van der Waals surface area contributed by atoms with E-state index < -0.39 is 28.2 Å². The van der Waals surface area contributed by atoms with Gasteiger partial charge in [-0.3, -0.25) is 4.52 Å². The first kappa shape index (κ1) is 18.0. The monoisotopic (exact) mass is 332 g/mol. The molecule has 118 valence electrons. The van der Waals surface area contributed by atoms with Gasteiger partial charge in [-0.25, -0.2) is 9.13 Å². The normalized spacial score (nSPS) is 25.5. The summed E-state index contributed by atoms with van der Waals surface area (Å²) in [5.74, 6) is 0. The topological polar surface area (TPSA) is 132 Å². The molecule has 1 rings (SSSR count). The second-order valence-electron chi connectivity index (χ2n) is 3.97. The lowest BCUT2D eigenvalue weighted by atomic mass is 10.2. The van der Waals surface area contributed by atoms with Gasteiger partial charge in [-0.15, -0.1) is 0 Å². The third kappa shape index (κ3) is 7.64. The van der Waals surface area contributed by atoms with E-state index in [2.05, 4.69) is 8.83 Å². The van der Waals surface area contributed by atoms with Gasteiger partial charge in [-0.05, 0) is 32.3 Å². The predicted molar refractivity (Wildman–Crippen MR) is 67.3 cm³/mol. The summed E-state index contributed by atoms with van der Waals surface area (Å²) in [4.78, 5) is 26.3. The Balaban J connectivity index is 2.61. The molecular weight excluding hydrogens is 314 g/mol. The lowest BCUT2D eigenvalue weighted by Gasteiger charge is -2.26. The van der Waals surface area contributed by atoms with E-state index in [0.717, 1.165) is 12.8 Å². The second-order valence-corrected chi connectivity index (χ2v) is 6.75. The summed E-state index contributed by atoms with van der Waals surface area (Å²) in [6.07, 6.45) is 3.23. The van der Waals surface area contributed by atoms with Crippen LogP contribution in [0.15, 0.2) is 12.2 Å². The molecule has 0 amide bonds. The van der Waals surface area contributed by atoms with Gasteiger partial charge in [-0.2, -0.15) is 4.31 Å². The van der Waals surface area contributed by atoms with Crippen molar-refractivity contribution in [1.82, 2.24) is 0 Å². The maximum absolute atomic E-state index is 11.4. The lowest BCUT2D eigenvalue weighted by molar-refractivity contribution is -0.219. The highest BCUT2D eigenvalue weighted by Crippen LogP contribution is 2.58. The van der Waals surface area contributed by atoms with E-state index in [1.54, 1.807) is 6.92 Å². The van der Waals surface area contributed by atoms with Gasteiger partial charge >= 0.3 is 15.6 Å². The summed E-state index contributed by atoms with van der Waals surface area (Å²) in [6, 6.07) is 0. The largest absolute Gasteiger partial charge is 0.483 e. The molecule has 1 heterocycles. The van der Waals surface area contributed by atoms with E-state index >= 15 is 0 Å². The van der Waals surface area contributed by atoms with E-state index in [1.807, 2.05) is 0 Å². The summed E-state index contributed by atoms with van der Waals surface area (Å²) in [6.45, 7) is 2.12. The van der Waals surface area contributed by atoms with E-state index in [1.165, 1.54) is 12.2 Å². The van der Waals surface area contributed by atoms with Crippen molar-refractivity contribution in [3.8, 4) is 0 Å². The fraction of sp³-hybridized carbons (Fsp3) is 0.778. The molecule has 0 radical (unpaired) electrons. The molecule has 0 saturated carbocycles. The van der Waals surface area contributed by atoms with Crippen molar-refractivity contribution in [2.45, 2.75) is 38.8 Å². The van der Waals surface area contributed by atoms with Crippen LogP contribution in [0, 0.1) is 0 Å². The molecule has 9 nitrogen and oxygen atoms in total. The van der Waals surface area contributed by atoms with E-state index in [4.69, 9.17) is 19.3 Å². The molecule has 3 N–H and O–H groups in total. The molecular formula is C9H18O9P2. The summed E-state index contributed by atoms with van der Waals surface area (Å²) < 4.78 is 40.8. The maximum atomic E-state index is 11.4. The molecule has 1 saturated heterocycles. The van der Waals surface area contributed by atoms with Gasteiger partial charge < -0.3 is 24.2 Å². The minimum absolute atomic E-state index is 0.503. The molecule has 3 atom stereocenters. The molecule has 0 aromatic heterocycles. The van der Waals surface area contributed by atoms with Crippen LogP contribution >= 0.6 is 15.6 Å². The molecule has 1 aliphatic rings. The van der Waals surface area contributed by atoms with Crippen molar-refractivity contribution >= 4 is 15.6 Å². The minimum atomic E-state index is -5.15. The Morgan fingerprint density at radius 2 is 2.00 bits per heavy atom. The zero-order chi connectivity index (χ0) is 15.2. The highest BCUT2D eigenvalue weighted by molar-refractivity contribution is 7.60. The summed E-state index contributed by atoms with van der Waals surface area (Å²) in [5, 5.41) is 0. The van der Waals surface area contributed by atoms with Crippen LogP contribution in [0.4, 0.5) is 0 Å². The lowest BCUT2D eigenvalue weighted by Crippen LogP contribution is -2.28. The smallest absolute Gasteiger partial charge is 0.353 e. The van der Waals surface area contributed by atoms with Gasteiger partial charge in [0.2, 0.25) is 0 Å². The van der Waals surface area contributed by atoms with E-state index in [9.17, 15) is 14.0 Å². The van der Waals surface area contributed by atoms with Crippen molar-refractivity contribution in [3.05, 3.63) is 12.2 Å². The minimum Gasteiger partial charge on any atom is -0.353 e. The van der Waals surface area contributed by atoms with Crippen LogP contribution in [-0.2, 0) is 27.4 Å². The number of phosphoric ester groups is 1. The molecule has 1 fully saturated rings. The Bertz CT molecular complexity index is 412. The number of phosphoric acid groups is 2. The molecule has 0 spiro atoms. The Morgan fingerprint density at radius 1 is 1.30 bits per heavy atom. The summed E-state index contributed by atoms with van der Waals surface area (Å²) in [5.41, 5.74) is 0. The third-order valence-corrected chi connectivity index (χ3v) is 4.37. The fourth-order valence-corrected chi connectivity index (χ4v) is 3.13. The van der Waals surface area contributed by atoms with E-state index in [0.29, 0.717) is 13.0 Å². The van der Waals surface area contributed by atoms with Crippen molar-refractivity contribution in [3.63, 3.8) is 0 Å². The number of hydrogen-bond donors (Lipinski definition) is 3. The van der Waals surface area contributed by atoms with Crippen molar-refractivity contribution in [1.29, 1.82) is 0 Å². The first-order chi connectivity index (χ1) is 9.22. The highest BCUT2D eigenvalue weighted by atomic mass is 31.3. The zero-order valence-corrected chi connectivity index (χ0v) is 12.6. The summed E-state index contributed by atoms with van der Waals surface area (Å²) in [7, 11) is -10.1. The molecule has 0 aliphatic carbocycles. The summed E-state index contributed by atoms with van der Waals surface area (Å²) >= 11 is 0. The first-order valence-corrected chi connectivity index (χ1v) is 8.92. The van der Waals surface area contributed by atoms with Crippen LogP contribution in [0.1, 0.15) is 26.2 Å². The SMILES string of the molecule is CC=CC(OC1CCCCO1)OP(=O)(O)OP(=O)(O)O. The van der Waals surface area contributed by atoms with Crippen LogP contribution < -0.4 is 0 Å². The van der Waals surface area contributed by atoms with Crippen LogP contribution in [0.25, 0.3) is 0 Å². The Hall–Kier alpha value is -0.0800. The van der Waals surface area contributed by atoms with Crippen LogP contribution in [0.2, 0.25) is 0 Å². The first-order valence-electron chi connectivity index (χ1n) is 5.90. The highest BCUT2D eigenvalue weighted by Gasteiger charge is 2.35. The van der Waals surface area contributed by atoms with Gasteiger partial charge in [-0.1, -0.05) is 6.08 Å². The maximum Gasteiger partial charge on any atom is 0.483 e. The van der Waals surface area contributed by atoms with Crippen molar-refractivity contribution in [2.75, 3.05) is 6.61 Å². The molecule has 1 aliphatic heterocycles. The molecule has 0 aromatic carbocycles. The van der Waals surface area contributed by atoms with Gasteiger partial charge in [0.25, 0.3) is 0 Å². The van der Waals surface area contributed by atoms with Gasteiger partial charge in [0, 0.05) is 6.61 Å². The molecule has 0 aromatic rings. The Labute approximate surface area is 116 Å². The quantitative estimate of drug-likeness (QED) is 0.361. The van der Waals surface area contributed by atoms with Crippen molar-refractivity contribution < 1.29 is 42.1 Å². The number of allylic oxidation sites excluding steroid dienone is 1. The van der Waals surface area contributed by atoms with Gasteiger partial charge in [0.1, 0.15) is 0 Å². The van der Waals surface area contributed by atoms with E-state index in [-0.39, 0.29) is 0 Å². The van der Waals surface area contributed by atoms with Crippen LogP contribution in [0.5, 0.6) is 0 Å². The predicted octanol–water partition coefficient (Wildman–Crippen LogP) is 1.66. The standard InChI is InChI=1S/C9H18O9P2/c1-2-5-9(16-8-6-3-4-7-15-8)17-20(13,14)18-19(10,11)12/h2,5,8-9H,3-4,6-7H2,1H3,(H,13,14)(H2,10,11,12).